The minimum Gasteiger partial charge on any atom is -0.391 e. The number of hydrogen-bond donors (Lipinski definition) is 2. The van der Waals surface area contributed by atoms with Crippen LogP contribution >= 0.6 is 0 Å². The summed E-state index contributed by atoms with van der Waals surface area (Å²) in [6.45, 7) is 7.74. The quantitative estimate of drug-likeness (QED) is 0.599. The van der Waals surface area contributed by atoms with E-state index in [2.05, 4.69) is 13.8 Å². The first-order chi connectivity index (χ1) is 5.63. The van der Waals surface area contributed by atoms with Crippen molar-refractivity contribution in [1.82, 2.24) is 0 Å². The van der Waals surface area contributed by atoms with Crippen molar-refractivity contribution in [3.63, 3.8) is 0 Å². The Bertz CT molecular complexity index is 104. The fourth-order valence-electron chi connectivity index (χ4n) is 1.45. The third-order valence-electron chi connectivity index (χ3n) is 2.37. The van der Waals surface area contributed by atoms with E-state index >= 15 is 0 Å². The fraction of sp³-hybridized carbons (Fsp3) is 0.900. The highest BCUT2D eigenvalue weighted by Gasteiger charge is 2.20. The lowest BCUT2D eigenvalue weighted by Crippen LogP contribution is -2.37. The van der Waals surface area contributed by atoms with Crippen LogP contribution in [0.2, 0.25) is 0 Å². The van der Waals surface area contributed by atoms with Gasteiger partial charge in [-0.25, -0.2) is 0 Å². The Balaban J connectivity index is 3.79. The minimum absolute atomic E-state index is 0.111. The molecule has 0 aliphatic rings. The molecular formula is C10H22NO+. The Morgan fingerprint density at radius 1 is 1.50 bits per heavy atom. The molecule has 0 aromatic heterocycles. The number of aliphatic hydroxyl groups is 1. The summed E-state index contributed by atoms with van der Waals surface area (Å²) in [4.78, 5) is 0. The Morgan fingerprint density at radius 3 is 2.42 bits per heavy atom. The maximum Gasteiger partial charge on any atom is 0.0850 e. The number of aliphatic hydroxyl groups excluding tert-OH is 1. The minimum atomic E-state index is -0.346. The first-order valence-corrected chi connectivity index (χ1v) is 4.86. The van der Waals surface area contributed by atoms with Crippen LogP contribution in [0.15, 0.2) is 0 Å². The molecule has 12 heavy (non-hydrogen) atoms. The van der Waals surface area contributed by atoms with Crippen molar-refractivity contribution < 1.29 is 5.11 Å². The summed E-state index contributed by atoms with van der Waals surface area (Å²) in [5, 5.41) is 9.67. The predicted octanol–water partition coefficient (Wildman–Crippen LogP) is 1.73. The van der Waals surface area contributed by atoms with E-state index in [9.17, 15) is 5.11 Å². The molecule has 3 unspecified atom stereocenters. The number of unbranched alkanes of at least 4 members (excludes halogenated alkanes) is 1. The van der Waals surface area contributed by atoms with Crippen molar-refractivity contribution in [3.8, 4) is 0 Å². The predicted molar refractivity (Wildman–Crippen MR) is 52.6 cm³/mol. The van der Waals surface area contributed by atoms with Crippen LogP contribution in [0, 0.1) is 12.8 Å². The summed E-state index contributed by atoms with van der Waals surface area (Å²) in [6.07, 6.45) is 3.73. The van der Waals surface area contributed by atoms with Gasteiger partial charge < -0.3 is 10.8 Å². The third-order valence-corrected chi connectivity index (χ3v) is 2.37. The monoisotopic (exact) mass is 172 g/mol. The molecule has 2 nitrogen and oxygen atoms in total. The van der Waals surface area contributed by atoms with Gasteiger partial charge in [-0.2, -0.15) is 0 Å². The number of rotatable bonds is 6. The zero-order valence-corrected chi connectivity index (χ0v) is 8.29. The molecule has 72 valence electrons. The standard InChI is InChI=1S/C10H22NO/c1-4-6-7-9(5-2)10(12)8(3)11/h8-10,12H,1,4-7,11H2,2-3H3/q+1. The summed E-state index contributed by atoms with van der Waals surface area (Å²) in [5.41, 5.74) is 5.62. The largest absolute Gasteiger partial charge is 0.391 e. The number of hydrogen-bond acceptors (Lipinski definition) is 2. The van der Waals surface area contributed by atoms with Gasteiger partial charge in [0.1, 0.15) is 0 Å². The van der Waals surface area contributed by atoms with Gasteiger partial charge in [0.15, 0.2) is 0 Å². The second-order valence-corrected chi connectivity index (χ2v) is 3.51. The molecular weight excluding hydrogens is 150 g/mol. The molecule has 0 bridgehead atoms. The zero-order chi connectivity index (χ0) is 9.56. The molecule has 0 spiro atoms. The lowest BCUT2D eigenvalue weighted by Gasteiger charge is -2.23. The molecule has 0 heterocycles. The molecule has 0 rings (SSSR count). The van der Waals surface area contributed by atoms with E-state index in [1.807, 2.05) is 6.92 Å². The van der Waals surface area contributed by atoms with Gasteiger partial charge in [0.05, 0.1) is 19.4 Å². The van der Waals surface area contributed by atoms with Crippen molar-refractivity contribution in [3.05, 3.63) is 6.92 Å². The van der Waals surface area contributed by atoms with Gasteiger partial charge in [-0.15, -0.1) is 0 Å². The van der Waals surface area contributed by atoms with Crippen LogP contribution in [0.5, 0.6) is 0 Å². The average molecular weight is 172 g/mol. The van der Waals surface area contributed by atoms with Gasteiger partial charge in [-0.1, -0.05) is 13.3 Å². The fourth-order valence-corrected chi connectivity index (χ4v) is 1.45. The molecule has 0 radical (unpaired) electrons. The lowest BCUT2D eigenvalue weighted by atomic mass is 9.90. The highest BCUT2D eigenvalue weighted by molar-refractivity contribution is 4.74. The van der Waals surface area contributed by atoms with E-state index in [-0.39, 0.29) is 12.1 Å². The van der Waals surface area contributed by atoms with E-state index < -0.39 is 0 Å². The smallest absolute Gasteiger partial charge is 0.0850 e. The summed E-state index contributed by atoms with van der Waals surface area (Å²) >= 11 is 0. The van der Waals surface area contributed by atoms with E-state index in [4.69, 9.17) is 5.73 Å². The third kappa shape index (κ3) is 3.98. The molecule has 0 fully saturated rings. The van der Waals surface area contributed by atoms with Crippen LogP contribution in [0.4, 0.5) is 0 Å². The van der Waals surface area contributed by atoms with Gasteiger partial charge >= 0.3 is 0 Å². The van der Waals surface area contributed by atoms with Crippen LogP contribution in [0.25, 0.3) is 0 Å². The van der Waals surface area contributed by atoms with Crippen LogP contribution in [0.1, 0.15) is 39.5 Å². The molecule has 0 aliphatic carbocycles. The second kappa shape index (κ2) is 6.32. The van der Waals surface area contributed by atoms with Gasteiger partial charge in [0.2, 0.25) is 0 Å². The van der Waals surface area contributed by atoms with Gasteiger partial charge in [0.25, 0.3) is 0 Å². The number of nitrogens with two attached hydrogens (primary N) is 1. The summed E-state index contributed by atoms with van der Waals surface area (Å²) in [5.74, 6) is 0.353. The lowest BCUT2D eigenvalue weighted by molar-refractivity contribution is 0.0794. The summed E-state index contributed by atoms with van der Waals surface area (Å²) < 4.78 is 0. The summed E-state index contributed by atoms with van der Waals surface area (Å²) in [7, 11) is 0. The Labute approximate surface area is 76.2 Å². The van der Waals surface area contributed by atoms with E-state index in [1.165, 1.54) is 0 Å². The average Bonchev–Trinajstić information content (AvgIpc) is 2.05. The van der Waals surface area contributed by atoms with Gasteiger partial charge in [0, 0.05) is 6.04 Å². The van der Waals surface area contributed by atoms with Gasteiger partial charge in [-0.3, -0.25) is 0 Å². The van der Waals surface area contributed by atoms with Crippen molar-refractivity contribution in [1.29, 1.82) is 0 Å². The topological polar surface area (TPSA) is 46.2 Å². The molecule has 2 heteroatoms. The second-order valence-electron chi connectivity index (χ2n) is 3.51. The van der Waals surface area contributed by atoms with Crippen LogP contribution in [-0.4, -0.2) is 17.3 Å². The first-order valence-electron chi connectivity index (χ1n) is 4.86. The molecule has 0 aliphatic heterocycles. The Kier molecular flexibility index (Phi) is 6.21. The van der Waals surface area contributed by atoms with Crippen molar-refractivity contribution >= 4 is 0 Å². The zero-order valence-electron chi connectivity index (χ0n) is 8.29. The van der Waals surface area contributed by atoms with E-state index in [0.717, 1.165) is 25.7 Å². The molecule has 0 aromatic rings. The molecule has 0 saturated heterocycles. The Morgan fingerprint density at radius 2 is 2.08 bits per heavy atom. The maximum absolute atomic E-state index is 9.67. The van der Waals surface area contributed by atoms with Gasteiger partial charge in [-0.05, 0) is 25.7 Å². The van der Waals surface area contributed by atoms with Crippen molar-refractivity contribution in [2.24, 2.45) is 11.7 Å². The van der Waals surface area contributed by atoms with E-state index in [1.54, 1.807) is 0 Å². The summed E-state index contributed by atoms with van der Waals surface area (Å²) in [6, 6.07) is -0.111. The van der Waals surface area contributed by atoms with Crippen molar-refractivity contribution in [2.45, 2.75) is 51.7 Å². The van der Waals surface area contributed by atoms with Crippen LogP contribution < -0.4 is 5.73 Å². The van der Waals surface area contributed by atoms with Crippen LogP contribution in [0.3, 0.4) is 0 Å². The molecule has 0 amide bonds. The highest BCUT2D eigenvalue weighted by atomic mass is 16.3. The molecule has 3 N–H and O–H groups in total. The molecule has 3 atom stereocenters. The Hall–Kier alpha value is -0.210. The van der Waals surface area contributed by atoms with E-state index in [0.29, 0.717) is 5.92 Å². The first kappa shape index (κ1) is 11.8. The molecule has 0 saturated carbocycles. The molecule has 0 aromatic carbocycles. The highest BCUT2D eigenvalue weighted by Crippen LogP contribution is 2.18. The SMILES string of the molecule is [CH2+]CCCC(CC)C(O)C(C)N. The normalized spacial score (nSPS) is 18.7. The van der Waals surface area contributed by atoms with Crippen LogP contribution in [-0.2, 0) is 0 Å². The maximum atomic E-state index is 9.67. The van der Waals surface area contributed by atoms with Crippen molar-refractivity contribution in [2.75, 3.05) is 0 Å².